The van der Waals surface area contributed by atoms with Crippen LogP contribution >= 0.6 is 0 Å². The summed E-state index contributed by atoms with van der Waals surface area (Å²) < 4.78 is 42.0. The molecule has 0 bridgehead atoms. The molecule has 0 aromatic carbocycles. The van der Waals surface area contributed by atoms with Gasteiger partial charge in [-0.05, 0) is 20.8 Å². The maximum absolute atomic E-state index is 11.8. The first kappa shape index (κ1) is 15.0. The van der Waals surface area contributed by atoms with Crippen LogP contribution in [0.1, 0.15) is 20.8 Å². The van der Waals surface area contributed by atoms with Crippen molar-refractivity contribution in [3.63, 3.8) is 0 Å². The third kappa shape index (κ3) is 3.22. The summed E-state index contributed by atoms with van der Waals surface area (Å²) in [5, 5.41) is 0. The summed E-state index contributed by atoms with van der Waals surface area (Å²) in [4.78, 5) is 0. The SMILES string of the molecule is CC[N+](CC)(CC)S(=O)(=O)[N-]S(=O)OC. The van der Waals surface area contributed by atoms with Crippen molar-refractivity contribution in [2.45, 2.75) is 20.8 Å². The third-order valence-electron chi connectivity index (χ3n) is 2.52. The van der Waals surface area contributed by atoms with Crippen molar-refractivity contribution in [3.05, 3.63) is 4.13 Å². The van der Waals surface area contributed by atoms with Crippen LogP contribution in [0, 0.1) is 0 Å². The molecular weight excluding hydrogens is 240 g/mol. The van der Waals surface area contributed by atoms with Gasteiger partial charge < -0.3 is 8.31 Å². The molecule has 0 rings (SSSR count). The first-order valence-electron chi connectivity index (χ1n) is 4.69. The fraction of sp³-hybridized carbons (Fsp3) is 1.00. The number of rotatable bonds is 7. The van der Waals surface area contributed by atoms with Gasteiger partial charge in [0.25, 0.3) is 0 Å². The fourth-order valence-corrected chi connectivity index (χ4v) is 3.74. The second-order valence-corrected chi connectivity index (χ2v) is 5.95. The van der Waals surface area contributed by atoms with Gasteiger partial charge in [-0.3, -0.25) is 4.21 Å². The summed E-state index contributed by atoms with van der Waals surface area (Å²) >= 11 is -2.13. The molecule has 0 saturated carbocycles. The number of quaternary nitrogens is 1. The molecule has 1 atom stereocenters. The molecule has 0 aromatic rings. The smallest absolute Gasteiger partial charge is 0.235 e. The highest BCUT2D eigenvalue weighted by Crippen LogP contribution is 2.21. The highest BCUT2D eigenvalue weighted by molar-refractivity contribution is 8.04. The van der Waals surface area contributed by atoms with E-state index in [2.05, 4.69) is 8.31 Å². The Morgan fingerprint density at radius 1 is 1.20 bits per heavy atom. The standard InChI is InChI=1S/C7H18N2O4S2/c1-5-9(6-2,7-3)15(11,12)8-14(10)13-4/h5-7H2,1-4H3. The van der Waals surface area contributed by atoms with Crippen LogP contribution in [0.5, 0.6) is 0 Å². The van der Waals surface area contributed by atoms with Crippen LogP contribution in [0.3, 0.4) is 0 Å². The van der Waals surface area contributed by atoms with Gasteiger partial charge in [0.2, 0.25) is 10.2 Å². The quantitative estimate of drug-likeness (QED) is 0.630. The van der Waals surface area contributed by atoms with E-state index in [1.807, 2.05) is 0 Å². The molecule has 0 spiro atoms. The van der Waals surface area contributed by atoms with Gasteiger partial charge in [-0.2, -0.15) is 8.42 Å². The Hall–Kier alpha value is -0.0200. The molecule has 1 unspecified atom stereocenters. The van der Waals surface area contributed by atoms with Crippen LogP contribution in [0.25, 0.3) is 4.13 Å². The maximum Gasteiger partial charge on any atom is 0.235 e. The second kappa shape index (κ2) is 5.90. The molecule has 0 radical (unpaired) electrons. The van der Waals surface area contributed by atoms with E-state index in [9.17, 15) is 12.6 Å². The van der Waals surface area contributed by atoms with Crippen LogP contribution in [-0.2, 0) is 25.7 Å². The predicted molar refractivity (Wildman–Crippen MR) is 59.3 cm³/mol. The third-order valence-corrected chi connectivity index (χ3v) is 5.80. The molecule has 0 amide bonds. The van der Waals surface area contributed by atoms with Gasteiger partial charge in [-0.25, -0.2) is 3.89 Å². The van der Waals surface area contributed by atoms with Gasteiger partial charge in [0.1, 0.15) is 0 Å². The lowest BCUT2D eigenvalue weighted by molar-refractivity contribution is -0.799. The molecule has 6 nitrogen and oxygen atoms in total. The van der Waals surface area contributed by atoms with E-state index in [1.165, 1.54) is 0 Å². The van der Waals surface area contributed by atoms with Crippen molar-refractivity contribution in [2.75, 3.05) is 26.7 Å². The summed E-state index contributed by atoms with van der Waals surface area (Å²) in [6.45, 7) is 6.45. The van der Waals surface area contributed by atoms with Gasteiger partial charge in [-0.1, -0.05) is 0 Å². The van der Waals surface area contributed by atoms with Gasteiger partial charge >= 0.3 is 0 Å². The Morgan fingerprint density at radius 3 is 1.87 bits per heavy atom. The average Bonchev–Trinajstić information content (AvgIpc) is 2.20. The lowest BCUT2D eigenvalue weighted by Crippen LogP contribution is -2.51. The summed E-state index contributed by atoms with van der Waals surface area (Å²) in [5.74, 6) is 0. The number of hydrogen-bond donors (Lipinski definition) is 0. The molecule has 0 aliphatic carbocycles. The molecule has 92 valence electrons. The van der Waals surface area contributed by atoms with Crippen LogP contribution in [0.2, 0.25) is 0 Å². The van der Waals surface area contributed by atoms with Crippen LogP contribution in [-0.4, -0.2) is 43.3 Å². The van der Waals surface area contributed by atoms with Gasteiger partial charge in [0.15, 0.2) is 0 Å². The van der Waals surface area contributed by atoms with Crippen LogP contribution in [0.15, 0.2) is 0 Å². The maximum atomic E-state index is 11.8. The number of hydrogen-bond acceptors (Lipinski definition) is 4. The molecule has 0 aliphatic heterocycles. The molecule has 0 saturated heterocycles. The molecule has 15 heavy (non-hydrogen) atoms. The monoisotopic (exact) mass is 258 g/mol. The van der Waals surface area contributed by atoms with E-state index in [0.29, 0.717) is 19.6 Å². The van der Waals surface area contributed by atoms with E-state index in [0.717, 1.165) is 7.11 Å². The minimum absolute atomic E-state index is 0.206. The Kier molecular flexibility index (Phi) is 5.89. The Bertz CT molecular complexity index is 303. The molecule has 0 fully saturated rings. The molecule has 8 heteroatoms. The van der Waals surface area contributed by atoms with E-state index in [1.54, 1.807) is 20.8 Å². The molecule has 0 N–H and O–H groups in total. The Labute approximate surface area is 94.2 Å². The number of nitrogens with zero attached hydrogens (tertiary/aromatic N) is 2. The van der Waals surface area contributed by atoms with Gasteiger partial charge in [0, 0.05) is 0 Å². The largest absolute Gasteiger partial charge is 0.389 e. The first-order chi connectivity index (χ1) is 6.89. The highest BCUT2D eigenvalue weighted by Gasteiger charge is 2.31. The van der Waals surface area contributed by atoms with Crippen molar-refractivity contribution in [1.82, 2.24) is 0 Å². The first-order valence-corrected chi connectivity index (χ1v) is 7.12. The van der Waals surface area contributed by atoms with Crippen LogP contribution < -0.4 is 0 Å². The fourth-order valence-electron chi connectivity index (χ4n) is 1.34. The molecular formula is C7H18N2O4S2. The van der Waals surface area contributed by atoms with Gasteiger partial charge in [-0.15, -0.1) is 0 Å². The minimum Gasteiger partial charge on any atom is -0.389 e. The average molecular weight is 258 g/mol. The summed E-state index contributed by atoms with van der Waals surface area (Å²) in [5.41, 5.74) is 0. The van der Waals surface area contributed by atoms with Crippen molar-refractivity contribution in [3.8, 4) is 0 Å². The zero-order valence-electron chi connectivity index (χ0n) is 9.47. The topological polar surface area (TPSA) is 74.5 Å². The normalized spacial score (nSPS) is 15.2. The van der Waals surface area contributed by atoms with E-state index < -0.39 is 21.5 Å². The van der Waals surface area contributed by atoms with Gasteiger partial charge in [0.05, 0.1) is 38.0 Å². The minimum atomic E-state index is -3.81. The van der Waals surface area contributed by atoms with Crippen molar-refractivity contribution in [2.24, 2.45) is 0 Å². The Morgan fingerprint density at radius 2 is 1.60 bits per heavy atom. The molecule has 0 aromatic heterocycles. The predicted octanol–water partition coefficient (Wildman–Crippen LogP) is 0.707. The summed E-state index contributed by atoms with van der Waals surface area (Å²) in [7, 11) is -2.66. The Balaban J connectivity index is 5.05. The van der Waals surface area contributed by atoms with Crippen molar-refractivity contribution >= 4 is 21.5 Å². The second-order valence-electron chi connectivity index (χ2n) is 2.91. The zero-order valence-corrected chi connectivity index (χ0v) is 11.1. The molecule has 0 aliphatic rings. The molecule has 0 heterocycles. The lowest BCUT2D eigenvalue weighted by Gasteiger charge is -2.39. The lowest BCUT2D eigenvalue weighted by atomic mass is 10.5. The summed E-state index contributed by atoms with van der Waals surface area (Å²) in [6, 6.07) is 0. The van der Waals surface area contributed by atoms with E-state index >= 15 is 0 Å². The van der Waals surface area contributed by atoms with Crippen molar-refractivity contribution in [1.29, 1.82) is 0 Å². The van der Waals surface area contributed by atoms with Crippen molar-refractivity contribution < 1.29 is 20.7 Å². The van der Waals surface area contributed by atoms with E-state index in [-0.39, 0.29) is 3.89 Å². The van der Waals surface area contributed by atoms with Crippen LogP contribution in [0.4, 0.5) is 0 Å². The zero-order chi connectivity index (χ0) is 12.1. The van der Waals surface area contributed by atoms with E-state index in [4.69, 9.17) is 0 Å². The summed E-state index contributed by atoms with van der Waals surface area (Å²) in [6.07, 6.45) is 0. The highest BCUT2D eigenvalue weighted by atomic mass is 32.3.